The molecule has 1 aliphatic rings. The highest BCUT2D eigenvalue weighted by Crippen LogP contribution is 2.25. The largest absolute Gasteiger partial charge is 0.383 e. The fourth-order valence-corrected chi connectivity index (χ4v) is 3.03. The van der Waals surface area contributed by atoms with Crippen molar-refractivity contribution in [3.05, 3.63) is 0 Å². The molecule has 0 aromatic rings. The van der Waals surface area contributed by atoms with Gasteiger partial charge >= 0.3 is 0 Å². The fourth-order valence-electron chi connectivity index (χ4n) is 3.03. The van der Waals surface area contributed by atoms with Crippen molar-refractivity contribution in [1.29, 1.82) is 0 Å². The van der Waals surface area contributed by atoms with Gasteiger partial charge in [0.1, 0.15) is 0 Å². The monoisotopic (exact) mass is 270 g/mol. The van der Waals surface area contributed by atoms with Crippen LogP contribution in [0, 0.1) is 11.8 Å². The summed E-state index contributed by atoms with van der Waals surface area (Å²) in [7, 11) is 1.82. The van der Waals surface area contributed by atoms with Crippen molar-refractivity contribution >= 4 is 0 Å². The molecule has 0 aromatic carbocycles. The Morgan fingerprint density at radius 3 is 2.47 bits per heavy atom. The predicted octanol–water partition coefficient (Wildman–Crippen LogP) is 2.76. The lowest BCUT2D eigenvalue weighted by Crippen LogP contribution is -2.47. The zero-order chi connectivity index (χ0) is 14.3. The quantitative estimate of drug-likeness (QED) is 0.770. The molecule has 0 saturated carbocycles. The molecular formula is C16H34N2O. The number of ether oxygens (including phenoxy) is 1. The Kier molecular flexibility index (Phi) is 7.96. The van der Waals surface area contributed by atoms with E-state index in [2.05, 4.69) is 37.9 Å². The van der Waals surface area contributed by atoms with Gasteiger partial charge in [-0.05, 0) is 44.2 Å². The van der Waals surface area contributed by atoms with Crippen LogP contribution in [-0.4, -0.2) is 50.3 Å². The Labute approximate surface area is 120 Å². The van der Waals surface area contributed by atoms with Crippen LogP contribution in [0.4, 0.5) is 0 Å². The van der Waals surface area contributed by atoms with Gasteiger partial charge in [0, 0.05) is 25.7 Å². The van der Waals surface area contributed by atoms with E-state index < -0.39 is 0 Å². The van der Waals surface area contributed by atoms with Crippen molar-refractivity contribution in [3.63, 3.8) is 0 Å². The van der Waals surface area contributed by atoms with E-state index in [9.17, 15) is 0 Å². The summed E-state index contributed by atoms with van der Waals surface area (Å²) in [5, 5.41) is 3.56. The first kappa shape index (κ1) is 16.9. The molecule has 0 bridgehead atoms. The summed E-state index contributed by atoms with van der Waals surface area (Å²) in [4.78, 5) is 2.64. The first-order chi connectivity index (χ1) is 9.04. The first-order valence-corrected chi connectivity index (χ1v) is 8.01. The Morgan fingerprint density at radius 2 is 1.89 bits per heavy atom. The highest BCUT2D eigenvalue weighted by molar-refractivity contribution is 4.79. The van der Waals surface area contributed by atoms with Gasteiger partial charge in [0.15, 0.2) is 0 Å². The third-order valence-electron chi connectivity index (χ3n) is 4.39. The predicted molar refractivity (Wildman–Crippen MR) is 82.6 cm³/mol. The number of methoxy groups -OCH3 is 1. The molecule has 1 N–H and O–H groups in total. The molecule has 2 atom stereocenters. The van der Waals surface area contributed by atoms with Crippen molar-refractivity contribution in [2.24, 2.45) is 11.8 Å². The molecule has 1 saturated heterocycles. The van der Waals surface area contributed by atoms with E-state index in [1.54, 1.807) is 0 Å². The number of nitrogens with zero attached hydrogens (tertiary/aromatic N) is 1. The molecule has 3 heteroatoms. The van der Waals surface area contributed by atoms with Gasteiger partial charge < -0.3 is 10.1 Å². The lowest BCUT2D eigenvalue weighted by Gasteiger charge is -2.31. The van der Waals surface area contributed by atoms with Crippen LogP contribution in [0.1, 0.15) is 47.0 Å². The van der Waals surface area contributed by atoms with Gasteiger partial charge in [0.2, 0.25) is 0 Å². The van der Waals surface area contributed by atoms with Gasteiger partial charge in [0.25, 0.3) is 0 Å². The first-order valence-electron chi connectivity index (χ1n) is 8.01. The summed E-state index contributed by atoms with van der Waals surface area (Å²) in [6.45, 7) is 13.5. The molecule has 0 aromatic heterocycles. The number of nitrogens with one attached hydrogen (secondary N) is 1. The Morgan fingerprint density at radius 1 is 1.16 bits per heavy atom. The number of hydrogen-bond donors (Lipinski definition) is 1. The third-order valence-corrected chi connectivity index (χ3v) is 4.39. The lowest BCUT2D eigenvalue weighted by atomic mass is 9.89. The van der Waals surface area contributed by atoms with Gasteiger partial charge in [-0.15, -0.1) is 0 Å². The average molecular weight is 270 g/mol. The van der Waals surface area contributed by atoms with E-state index in [4.69, 9.17) is 4.74 Å². The molecule has 1 aliphatic heterocycles. The van der Waals surface area contributed by atoms with Crippen LogP contribution in [0.5, 0.6) is 0 Å². The Bertz CT molecular complexity index is 231. The minimum atomic E-state index is 0.526. The molecule has 2 unspecified atom stereocenters. The summed E-state index contributed by atoms with van der Waals surface area (Å²) in [6.07, 6.45) is 4.08. The summed E-state index contributed by atoms with van der Waals surface area (Å²) in [5.74, 6) is 1.74. The number of hydrogen-bond acceptors (Lipinski definition) is 3. The van der Waals surface area contributed by atoms with E-state index in [0.717, 1.165) is 25.0 Å². The SMILES string of the molecule is COCC(CNC(C)C)N1CCCC(C(C)C)CC1. The summed E-state index contributed by atoms with van der Waals surface area (Å²) >= 11 is 0. The molecule has 0 amide bonds. The van der Waals surface area contributed by atoms with Gasteiger partial charge in [-0.1, -0.05) is 27.7 Å². The van der Waals surface area contributed by atoms with Gasteiger partial charge in [-0.25, -0.2) is 0 Å². The van der Waals surface area contributed by atoms with E-state index >= 15 is 0 Å². The summed E-state index contributed by atoms with van der Waals surface area (Å²) in [6, 6.07) is 1.08. The van der Waals surface area contributed by atoms with Crippen molar-refractivity contribution in [3.8, 4) is 0 Å². The Hall–Kier alpha value is -0.120. The maximum atomic E-state index is 5.42. The van der Waals surface area contributed by atoms with Crippen LogP contribution in [0.15, 0.2) is 0 Å². The molecule has 114 valence electrons. The highest BCUT2D eigenvalue weighted by atomic mass is 16.5. The zero-order valence-corrected chi connectivity index (χ0v) is 13.6. The van der Waals surface area contributed by atoms with Gasteiger partial charge in [-0.3, -0.25) is 4.90 Å². The van der Waals surface area contributed by atoms with Crippen molar-refractivity contribution in [1.82, 2.24) is 10.2 Å². The number of rotatable bonds is 7. The van der Waals surface area contributed by atoms with Gasteiger partial charge in [-0.2, -0.15) is 0 Å². The molecule has 1 rings (SSSR count). The minimum absolute atomic E-state index is 0.526. The van der Waals surface area contributed by atoms with Crippen molar-refractivity contribution in [2.75, 3.05) is 33.4 Å². The van der Waals surface area contributed by atoms with Crippen LogP contribution in [-0.2, 0) is 4.74 Å². The van der Waals surface area contributed by atoms with Crippen LogP contribution in [0.25, 0.3) is 0 Å². The maximum Gasteiger partial charge on any atom is 0.0630 e. The second-order valence-corrected chi connectivity index (χ2v) is 6.64. The van der Waals surface area contributed by atoms with Crippen molar-refractivity contribution in [2.45, 2.75) is 59.0 Å². The Balaban J connectivity index is 2.49. The molecule has 19 heavy (non-hydrogen) atoms. The van der Waals surface area contributed by atoms with Crippen LogP contribution >= 0.6 is 0 Å². The van der Waals surface area contributed by atoms with E-state index in [1.165, 1.54) is 32.4 Å². The lowest BCUT2D eigenvalue weighted by molar-refractivity contribution is 0.0889. The zero-order valence-electron chi connectivity index (χ0n) is 13.6. The van der Waals surface area contributed by atoms with Crippen LogP contribution in [0.3, 0.4) is 0 Å². The van der Waals surface area contributed by atoms with Crippen LogP contribution < -0.4 is 5.32 Å². The third kappa shape index (κ3) is 6.24. The molecule has 1 fully saturated rings. The van der Waals surface area contributed by atoms with Gasteiger partial charge in [0.05, 0.1) is 6.61 Å². The smallest absolute Gasteiger partial charge is 0.0630 e. The number of likely N-dealkylation sites (tertiary alicyclic amines) is 1. The summed E-state index contributed by atoms with van der Waals surface area (Å²) < 4.78 is 5.42. The van der Waals surface area contributed by atoms with E-state index in [-0.39, 0.29) is 0 Å². The highest BCUT2D eigenvalue weighted by Gasteiger charge is 2.24. The second kappa shape index (κ2) is 8.93. The molecule has 0 radical (unpaired) electrons. The average Bonchev–Trinajstić information content (AvgIpc) is 2.60. The molecule has 1 heterocycles. The summed E-state index contributed by atoms with van der Waals surface area (Å²) in [5.41, 5.74) is 0. The molecular weight excluding hydrogens is 236 g/mol. The standard InChI is InChI=1S/C16H34N2O/c1-13(2)15-7-6-9-18(10-8-15)16(12-19-5)11-17-14(3)4/h13-17H,6-12H2,1-5H3. The maximum absolute atomic E-state index is 5.42. The van der Waals surface area contributed by atoms with E-state index in [1.807, 2.05) is 7.11 Å². The topological polar surface area (TPSA) is 24.5 Å². The second-order valence-electron chi connectivity index (χ2n) is 6.64. The molecule has 3 nitrogen and oxygen atoms in total. The van der Waals surface area contributed by atoms with Crippen LogP contribution in [0.2, 0.25) is 0 Å². The molecule has 0 aliphatic carbocycles. The minimum Gasteiger partial charge on any atom is -0.383 e. The molecule has 0 spiro atoms. The fraction of sp³-hybridized carbons (Fsp3) is 1.00. The normalized spacial score (nSPS) is 23.8. The van der Waals surface area contributed by atoms with E-state index in [0.29, 0.717) is 12.1 Å². The van der Waals surface area contributed by atoms with Crippen molar-refractivity contribution < 1.29 is 4.74 Å².